The smallest absolute Gasteiger partial charge is 0.137 e. The summed E-state index contributed by atoms with van der Waals surface area (Å²) in [5.74, 6) is 0. The van der Waals surface area contributed by atoms with Crippen LogP contribution in [-0.2, 0) is 0 Å². The molecule has 66 valence electrons. The van der Waals surface area contributed by atoms with Crippen LogP contribution in [0.15, 0.2) is 9.50 Å². The van der Waals surface area contributed by atoms with Crippen LogP contribution in [0.2, 0.25) is 0 Å². The van der Waals surface area contributed by atoms with Gasteiger partial charge in [-0.2, -0.15) is 10.5 Å². The monoisotopic (exact) mass is 275 g/mol. The second-order valence-corrected chi connectivity index (χ2v) is 4.36. The van der Waals surface area contributed by atoms with Crippen molar-refractivity contribution >= 4 is 39.3 Å². The lowest BCUT2D eigenvalue weighted by Crippen LogP contribution is -1.78. The van der Waals surface area contributed by atoms with Crippen LogP contribution >= 0.6 is 39.3 Å². The Morgan fingerprint density at radius 1 is 1.46 bits per heavy atom. The Morgan fingerprint density at radius 3 is 2.62 bits per heavy atom. The second-order valence-electron chi connectivity index (χ2n) is 2.00. The number of aromatic nitrogens is 1. The topological polar surface area (TPSA) is 63.4 Å². The van der Waals surface area contributed by atoms with E-state index >= 15 is 0 Å². The lowest BCUT2D eigenvalue weighted by atomic mass is 10.3. The first-order valence-corrected chi connectivity index (χ1v) is 5.46. The zero-order valence-electron chi connectivity index (χ0n) is 6.27. The predicted octanol–water partition coefficient (Wildman–Crippen LogP) is 2.81. The minimum absolute atomic E-state index is 0.266. The maximum absolute atomic E-state index is 8.77. The maximum Gasteiger partial charge on any atom is 0.137 e. The zero-order chi connectivity index (χ0) is 9.84. The van der Waals surface area contributed by atoms with Crippen LogP contribution in [0.5, 0.6) is 0 Å². The van der Waals surface area contributed by atoms with Crippen LogP contribution in [0.1, 0.15) is 11.3 Å². The molecule has 0 aromatic carbocycles. The van der Waals surface area contributed by atoms with Gasteiger partial charge in [-0.1, -0.05) is 0 Å². The van der Waals surface area contributed by atoms with E-state index in [9.17, 15) is 0 Å². The van der Waals surface area contributed by atoms with Crippen molar-refractivity contribution < 1.29 is 0 Å². The van der Waals surface area contributed by atoms with Crippen molar-refractivity contribution in [1.29, 1.82) is 10.5 Å². The maximum atomic E-state index is 8.77. The first-order valence-electron chi connectivity index (χ1n) is 3.15. The van der Waals surface area contributed by atoms with Crippen molar-refractivity contribution in [3.8, 4) is 12.1 Å². The van der Waals surface area contributed by atoms with E-state index in [1.807, 2.05) is 12.1 Å². The number of rotatable bonds is 2. The molecule has 0 fully saturated rings. The van der Waals surface area contributed by atoms with Crippen LogP contribution in [0, 0.1) is 22.7 Å². The van der Waals surface area contributed by atoms with E-state index < -0.39 is 0 Å². The molecule has 1 aromatic heterocycles. The summed E-state index contributed by atoms with van der Waals surface area (Å²) in [5.41, 5.74) is 0.613. The SMILES string of the molecule is N#Cc1[nH]c(Br)c(SCCl)c1C#N. The molecule has 0 aliphatic rings. The number of halogens is 2. The Hall–Kier alpha value is -0.620. The Balaban J connectivity index is 3.27. The number of nitrogens with zero attached hydrogens (tertiary/aromatic N) is 2. The molecule has 3 nitrogen and oxygen atoms in total. The van der Waals surface area contributed by atoms with E-state index in [1.54, 1.807) is 0 Å². The molecule has 0 amide bonds. The summed E-state index contributed by atoms with van der Waals surface area (Å²) in [6.07, 6.45) is 0. The molecule has 0 unspecified atom stereocenters. The molecule has 0 atom stereocenters. The van der Waals surface area contributed by atoms with Crippen molar-refractivity contribution in [2.24, 2.45) is 0 Å². The zero-order valence-corrected chi connectivity index (χ0v) is 9.42. The minimum Gasteiger partial charge on any atom is -0.339 e. The van der Waals surface area contributed by atoms with Crippen molar-refractivity contribution in [2.75, 3.05) is 5.21 Å². The van der Waals surface area contributed by atoms with Gasteiger partial charge in [0.1, 0.15) is 23.4 Å². The molecular weight excluding hydrogens is 274 g/mol. The van der Waals surface area contributed by atoms with E-state index in [-0.39, 0.29) is 5.69 Å². The van der Waals surface area contributed by atoms with Crippen molar-refractivity contribution in [3.63, 3.8) is 0 Å². The van der Waals surface area contributed by atoms with E-state index in [0.29, 0.717) is 20.3 Å². The highest BCUT2D eigenvalue weighted by Gasteiger charge is 2.15. The van der Waals surface area contributed by atoms with Crippen LogP contribution in [0.3, 0.4) is 0 Å². The van der Waals surface area contributed by atoms with Gasteiger partial charge in [0.25, 0.3) is 0 Å². The fourth-order valence-corrected chi connectivity index (χ4v) is 2.48. The van der Waals surface area contributed by atoms with Gasteiger partial charge in [0.2, 0.25) is 0 Å². The first kappa shape index (κ1) is 10.5. The largest absolute Gasteiger partial charge is 0.339 e. The molecule has 0 saturated carbocycles. The molecule has 1 N–H and O–H groups in total. The van der Waals surface area contributed by atoms with Crippen molar-refractivity contribution in [3.05, 3.63) is 15.9 Å². The van der Waals surface area contributed by atoms with Gasteiger partial charge in [0.05, 0.1) is 14.7 Å². The van der Waals surface area contributed by atoms with E-state index in [1.165, 1.54) is 11.8 Å². The number of hydrogen-bond donors (Lipinski definition) is 1. The Labute approximate surface area is 92.8 Å². The third-order valence-corrected chi connectivity index (χ3v) is 3.32. The molecule has 0 aliphatic carbocycles. The average molecular weight is 277 g/mol. The molecule has 1 rings (SSSR count). The lowest BCUT2D eigenvalue weighted by Gasteiger charge is -1.93. The minimum atomic E-state index is 0.266. The number of H-pyrrole nitrogens is 1. The van der Waals surface area contributed by atoms with Gasteiger partial charge >= 0.3 is 0 Å². The highest BCUT2D eigenvalue weighted by molar-refractivity contribution is 9.10. The normalized spacial score (nSPS) is 9.23. The predicted molar refractivity (Wildman–Crippen MR) is 54.5 cm³/mol. The summed E-state index contributed by atoms with van der Waals surface area (Å²) in [7, 11) is 0. The molecule has 0 spiro atoms. The summed E-state index contributed by atoms with van der Waals surface area (Å²) in [6.45, 7) is 0. The highest BCUT2D eigenvalue weighted by atomic mass is 79.9. The van der Waals surface area contributed by atoms with Gasteiger partial charge in [-0.3, -0.25) is 0 Å². The van der Waals surface area contributed by atoms with Gasteiger partial charge in [-0.15, -0.1) is 23.4 Å². The standard InChI is InChI=1S/C7H3BrClN3S/c8-7-6(13-3-9)4(1-10)5(2-11)12-7/h12H,3H2. The number of nitrogens with one attached hydrogen (secondary N) is 1. The average Bonchev–Trinajstić information content (AvgIpc) is 2.44. The summed E-state index contributed by atoms with van der Waals surface area (Å²) in [5, 5.41) is 17.8. The molecule has 1 aromatic rings. The van der Waals surface area contributed by atoms with Crippen LogP contribution in [0.25, 0.3) is 0 Å². The van der Waals surface area contributed by atoms with E-state index in [2.05, 4.69) is 20.9 Å². The number of nitriles is 2. The Bertz CT molecular complexity index is 401. The van der Waals surface area contributed by atoms with Crippen LogP contribution < -0.4 is 0 Å². The fourth-order valence-electron chi connectivity index (χ4n) is 0.833. The molecule has 0 bridgehead atoms. The number of hydrogen-bond acceptors (Lipinski definition) is 3. The van der Waals surface area contributed by atoms with Crippen LogP contribution in [-0.4, -0.2) is 10.2 Å². The van der Waals surface area contributed by atoms with Crippen molar-refractivity contribution in [2.45, 2.75) is 4.90 Å². The molecule has 0 saturated heterocycles. The summed E-state index contributed by atoms with van der Waals surface area (Å²) >= 11 is 10.0. The molecular formula is C7H3BrClN3S. The van der Waals surface area contributed by atoms with E-state index in [0.717, 1.165) is 0 Å². The molecule has 13 heavy (non-hydrogen) atoms. The summed E-state index contributed by atoms with van der Waals surface area (Å²) < 4.78 is 0.631. The van der Waals surface area contributed by atoms with Gasteiger partial charge < -0.3 is 4.98 Å². The van der Waals surface area contributed by atoms with Crippen LogP contribution in [0.4, 0.5) is 0 Å². The lowest BCUT2D eigenvalue weighted by molar-refractivity contribution is 1.27. The highest BCUT2D eigenvalue weighted by Crippen LogP contribution is 2.32. The Morgan fingerprint density at radius 2 is 2.15 bits per heavy atom. The van der Waals surface area contributed by atoms with E-state index in [4.69, 9.17) is 22.1 Å². The Kier molecular flexibility index (Phi) is 3.68. The van der Waals surface area contributed by atoms with Gasteiger partial charge in [0, 0.05) is 0 Å². The molecule has 1 heterocycles. The van der Waals surface area contributed by atoms with Crippen molar-refractivity contribution in [1.82, 2.24) is 4.98 Å². The molecule has 0 radical (unpaired) electrons. The molecule has 6 heteroatoms. The second kappa shape index (κ2) is 4.57. The summed E-state index contributed by atoms with van der Waals surface area (Å²) in [6, 6.07) is 3.86. The summed E-state index contributed by atoms with van der Waals surface area (Å²) in [4.78, 5) is 3.44. The number of aromatic amines is 1. The third-order valence-electron chi connectivity index (χ3n) is 1.33. The fraction of sp³-hybridized carbons (Fsp3) is 0.143. The first-order chi connectivity index (χ1) is 6.24. The quantitative estimate of drug-likeness (QED) is 0.667. The number of thioether (sulfide) groups is 1. The molecule has 0 aliphatic heterocycles. The third kappa shape index (κ3) is 2.00. The number of alkyl halides is 1. The van der Waals surface area contributed by atoms with Gasteiger partial charge in [-0.25, -0.2) is 0 Å². The van der Waals surface area contributed by atoms with Gasteiger partial charge in [0.15, 0.2) is 0 Å². The van der Waals surface area contributed by atoms with Gasteiger partial charge in [-0.05, 0) is 15.9 Å².